The zero-order valence-electron chi connectivity index (χ0n) is 10.5. The van der Waals surface area contributed by atoms with Gasteiger partial charge in [0.15, 0.2) is 0 Å². The molecule has 1 atom stereocenters. The number of hydrogen-bond acceptors (Lipinski definition) is 4. The third kappa shape index (κ3) is 1.83. The maximum atomic E-state index is 12.1. The van der Waals surface area contributed by atoms with E-state index in [2.05, 4.69) is 0 Å². The zero-order chi connectivity index (χ0) is 13.4. The number of carbonyl (C=O) groups is 3. The molecule has 1 unspecified atom stereocenters. The summed E-state index contributed by atoms with van der Waals surface area (Å²) >= 11 is 0. The lowest BCUT2D eigenvalue weighted by molar-refractivity contribution is -0.148. The summed E-state index contributed by atoms with van der Waals surface area (Å²) in [6.07, 6.45) is -1.30. The van der Waals surface area contributed by atoms with Crippen LogP contribution in [0.5, 0.6) is 0 Å². The number of ketones is 2. The van der Waals surface area contributed by atoms with Gasteiger partial charge in [0.2, 0.25) is 17.7 Å². The molecule has 1 aliphatic carbocycles. The monoisotopic (exact) mass is 246 g/mol. The Kier molecular flexibility index (Phi) is 3.03. The SMILES string of the molecule is Cc1cccc2c1C(=O)C(OC(=O)C(C)C)C2=O. The highest BCUT2D eigenvalue weighted by Crippen LogP contribution is 2.27. The van der Waals surface area contributed by atoms with Gasteiger partial charge in [0.05, 0.1) is 5.92 Å². The highest BCUT2D eigenvalue weighted by atomic mass is 16.6. The molecule has 0 aliphatic heterocycles. The number of Topliss-reactive ketones (excluding diaryl/α,β-unsaturated/α-hetero) is 2. The van der Waals surface area contributed by atoms with Crippen LogP contribution in [0.25, 0.3) is 0 Å². The highest BCUT2D eigenvalue weighted by Gasteiger charge is 2.42. The van der Waals surface area contributed by atoms with Gasteiger partial charge in [0, 0.05) is 11.1 Å². The van der Waals surface area contributed by atoms with Crippen molar-refractivity contribution in [2.45, 2.75) is 26.9 Å². The average Bonchev–Trinajstić information content (AvgIpc) is 2.55. The van der Waals surface area contributed by atoms with Crippen molar-refractivity contribution in [3.05, 3.63) is 34.9 Å². The molecular weight excluding hydrogens is 232 g/mol. The zero-order valence-corrected chi connectivity index (χ0v) is 10.5. The number of esters is 1. The molecule has 1 aromatic carbocycles. The first-order valence-electron chi connectivity index (χ1n) is 5.82. The summed E-state index contributed by atoms with van der Waals surface area (Å²) in [4.78, 5) is 35.6. The van der Waals surface area contributed by atoms with Crippen LogP contribution in [0.3, 0.4) is 0 Å². The molecule has 4 heteroatoms. The van der Waals surface area contributed by atoms with E-state index in [0.29, 0.717) is 11.1 Å². The number of rotatable bonds is 2. The van der Waals surface area contributed by atoms with Crippen LogP contribution >= 0.6 is 0 Å². The largest absolute Gasteiger partial charge is 0.445 e. The van der Waals surface area contributed by atoms with Gasteiger partial charge in [-0.15, -0.1) is 0 Å². The van der Waals surface area contributed by atoms with Crippen LogP contribution in [0.15, 0.2) is 18.2 Å². The van der Waals surface area contributed by atoms with Gasteiger partial charge in [0.1, 0.15) is 0 Å². The van der Waals surface area contributed by atoms with Crippen LogP contribution in [-0.2, 0) is 9.53 Å². The van der Waals surface area contributed by atoms with Gasteiger partial charge in [-0.25, -0.2) is 0 Å². The van der Waals surface area contributed by atoms with Gasteiger partial charge in [-0.2, -0.15) is 0 Å². The van der Waals surface area contributed by atoms with Crippen LogP contribution < -0.4 is 0 Å². The molecule has 94 valence electrons. The van der Waals surface area contributed by atoms with Crippen molar-refractivity contribution >= 4 is 17.5 Å². The smallest absolute Gasteiger partial charge is 0.309 e. The normalized spacial score (nSPS) is 18.1. The molecule has 0 saturated carbocycles. The summed E-state index contributed by atoms with van der Waals surface area (Å²) in [5.41, 5.74) is 1.46. The minimum Gasteiger partial charge on any atom is -0.445 e. The van der Waals surface area contributed by atoms with E-state index >= 15 is 0 Å². The topological polar surface area (TPSA) is 60.4 Å². The molecule has 1 aromatic rings. The molecule has 0 spiro atoms. The number of fused-ring (bicyclic) bond motifs is 1. The van der Waals surface area contributed by atoms with E-state index in [0.717, 1.165) is 5.56 Å². The number of ether oxygens (including phenoxy) is 1. The van der Waals surface area contributed by atoms with Crippen molar-refractivity contribution in [2.75, 3.05) is 0 Å². The Morgan fingerprint density at radius 1 is 1.22 bits per heavy atom. The van der Waals surface area contributed by atoms with Crippen LogP contribution in [-0.4, -0.2) is 23.6 Å². The lowest BCUT2D eigenvalue weighted by Gasteiger charge is -2.11. The fourth-order valence-corrected chi connectivity index (χ4v) is 1.95. The van der Waals surface area contributed by atoms with E-state index in [4.69, 9.17) is 4.74 Å². The van der Waals surface area contributed by atoms with Crippen LogP contribution in [0.1, 0.15) is 40.1 Å². The van der Waals surface area contributed by atoms with E-state index < -0.39 is 23.6 Å². The quantitative estimate of drug-likeness (QED) is 0.591. The van der Waals surface area contributed by atoms with E-state index in [1.165, 1.54) is 0 Å². The third-order valence-corrected chi connectivity index (χ3v) is 2.97. The van der Waals surface area contributed by atoms with Gasteiger partial charge in [-0.3, -0.25) is 14.4 Å². The van der Waals surface area contributed by atoms with Crippen molar-refractivity contribution in [3.63, 3.8) is 0 Å². The van der Waals surface area contributed by atoms with Gasteiger partial charge in [0.25, 0.3) is 0 Å². The van der Waals surface area contributed by atoms with Gasteiger partial charge >= 0.3 is 5.97 Å². The molecule has 0 amide bonds. The Balaban J connectivity index is 2.35. The van der Waals surface area contributed by atoms with Crippen molar-refractivity contribution in [1.29, 1.82) is 0 Å². The summed E-state index contributed by atoms with van der Waals surface area (Å²) in [7, 11) is 0. The average molecular weight is 246 g/mol. The Morgan fingerprint density at radius 2 is 1.89 bits per heavy atom. The van der Waals surface area contributed by atoms with Crippen LogP contribution in [0.4, 0.5) is 0 Å². The maximum absolute atomic E-state index is 12.1. The minimum absolute atomic E-state index is 0.349. The predicted molar refractivity (Wildman–Crippen MR) is 64.6 cm³/mol. The lowest BCUT2D eigenvalue weighted by atomic mass is 10.0. The molecule has 0 aromatic heterocycles. The van der Waals surface area contributed by atoms with Crippen LogP contribution in [0.2, 0.25) is 0 Å². The molecule has 0 bridgehead atoms. The molecule has 0 N–H and O–H groups in total. The van der Waals surface area contributed by atoms with Gasteiger partial charge in [-0.1, -0.05) is 32.0 Å². The summed E-state index contributed by atoms with van der Waals surface area (Å²) < 4.78 is 5.00. The second kappa shape index (κ2) is 4.37. The van der Waals surface area contributed by atoms with Crippen LogP contribution in [0, 0.1) is 12.8 Å². The lowest BCUT2D eigenvalue weighted by Crippen LogP contribution is -2.30. The summed E-state index contributed by atoms with van der Waals surface area (Å²) in [5, 5.41) is 0. The predicted octanol–water partition coefficient (Wildman–Crippen LogP) is 1.94. The Labute approximate surface area is 105 Å². The fourth-order valence-electron chi connectivity index (χ4n) is 1.95. The number of hydrogen-bond donors (Lipinski definition) is 0. The summed E-state index contributed by atoms with van der Waals surface area (Å²) in [5.74, 6) is -1.74. The first-order valence-corrected chi connectivity index (χ1v) is 5.82. The molecule has 0 radical (unpaired) electrons. The van der Waals surface area contributed by atoms with Crippen molar-refractivity contribution in [2.24, 2.45) is 5.92 Å². The minimum atomic E-state index is -1.30. The Bertz CT molecular complexity index is 543. The molecular formula is C14H14O4. The van der Waals surface area contributed by atoms with Crippen molar-refractivity contribution < 1.29 is 19.1 Å². The van der Waals surface area contributed by atoms with Gasteiger partial charge in [-0.05, 0) is 12.5 Å². The maximum Gasteiger partial charge on any atom is 0.309 e. The first-order chi connectivity index (χ1) is 8.43. The van der Waals surface area contributed by atoms with E-state index in [1.54, 1.807) is 39.0 Å². The second-order valence-electron chi connectivity index (χ2n) is 4.70. The van der Waals surface area contributed by atoms with Gasteiger partial charge < -0.3 is 4.74 Å². The van der Waals surface area contributed by atoms with E-state index in [1.807, 2.05) is 0 Å². The standard InChI is InChI=1S/C14H14O4/c1-7(2)14(17)18-13-11(15)9-6-4-5-8(3)10(9)12(13)16/h4-7,13H,1-3H3. The molecule has 0 fully saturated rings. The van der Waals surface area contributed by atoms with E-state index in [9.17, 15) is 14.4 Å². The van der Waals surface area contributed by atoms with Crippen molar-refractivity contribution in [3.8, 4) is 0 Å². The Morgan fingerprint density at radius 3 is 2.44 bits per heavy atom. The molecule has 1 aliphatic rings. The number of aryl methyl sites for hydroxylation is 1. The highest BCUT2D eigenvalue weighted by molar-refractivity contribution is 6.29. The first kappa shape index (κ1) is 12.5. The summed E-state index contributed by atoms with van der Waals surface area (Å²) in [6, 6.07) is 5.06. The second-order valence-corrected chi connectivity index (χ2v) is 4.70. The fraction of sp³-hybridized carbons (Fsp3) is 0.357. The third-order valence-electron chi connectivity index (χ3n) is 2.97. The van der Waals surface area contributed by atoms with E-state index in [-0.39, 0.29) is 5.92 Å². The molecule has 0 saturated heterocycles. The Hall–Kier alpha value is -1.97. The van der Waals surface area contributed by atoms with Crippen molar-refractivity contribution in [1.82, 2.24) is 0 Å². The number of benzene rings is 1. The molecule has 4 nitrogen and oxygen atoms in total. The molecule has 0 heterocycles. The molecule has 18 heavy (non-hydrogen) atoms. The number of carbonyl (C=O) groups excluding carboxylic acids is 3. The molecule has 2 rings (SSSR count). The summed E-state index contributed by atoms with van der Waals surface area (Å²) in [6.45, 7) is 5.08.